The van der Waals surface area contributed by atoms with Crippen molar-refractivity contribution in [1.82, 2.24) is 15.0 Å². The molecule has 0 spiro atoms. The number of aromatic nitrogens is 2. The monoisotopic (exact) mass is 310 g/mol. The lowest BCUT2D eigenvalue weighted by Crippen LogP contribution is -2.39. The van der Waals surface area contributed by atoms with Gasteiger partial charge < -0.3 is 10.4 Å². The van der Waals surface area contributed by atoms with Gasteiger partial charge in [-0.15, -0.1) is 0 Å². The number of imidazole rings is 1. The fourth-order valence-corrected chi connectivity index (χ4v) is 2.37. The van der Waals surface area contributed by atoms with Crippen LogP contribution in [0.5, 0.6) is 0 Å². The van der Waals surface area contributed by atoms with Crippen molar-refractivity contribution in [2.75, 3.05) is 12.0 Å². The van der Waals surface area contributed by atoms with Gasteiger partial charge in [-0.05, 0) is 17.7 Å². The second-order valence-electron chi connectivity index (χ2n) is 5.27. The fraction of sp³-hybridized carbons (Fsp3) is 0.176. The molecule has 1 aromatic heterocycles. The molecule has 1 atom stereocenters. The number of carbonyl (C=O) groups excluding carboxylic acids is 1. The highest BCUT2D eigenvalue weighted by molar-refractivity contribution is 5.85. The van der Waals surface area contributed by atoms with Gasteiger partial charge in [0.15, 0.2) is 0 Å². The highest BCUT2D eigenvalue weighted by Gasteiger charge is 2.09. The molecule has 2 aromatic carbocycles. The van der Waals surface area contributed by atoms with Crippen LogP contribution in [-0.4, -0.2) is 33.4 Å². The topological polar surface area (TPSA) is 79.2 Å². The summed E-state index contributed by atoms with van der Waals surface area (Å²) in [6.07, 6.45) is 1.41. The Morgan fingerprint density at radius 2 is 1.87 bits per heavy atom. The first kappa shape index (κ1) is 15.1. The van der Waals surface area contributed by atoms with Gasteiger partial charge in [0.25, 0.3) is 0 Å². The maximum atomic E-state index is 11.9. The maximum absolute atomic E-state index is 11.9. The number of nitrogens with one attached hydrogen (secondary N) is 2. The van der Waals surface area contributed by atoms with Gasteiger partial charge in [-0.25, -0.2) is 19.9 Å². The van der Waals surface area contributed by atoms with Crippen LogP contribution in [0.25, 0.3) is 11.0 Å². The summed E-state index contributed by atoms with van der Waals surface area (Å²) in [5, 5.41) is 12.6. The van der Waals surface area contributed by atoms with Crippen LogP contribution in [0.1, 0.15) is 5.56 Å². The van der Waals surface area contributed by atoms with E-state index in [2.05, 4.69) is 15.7 Å². The number of amides is 2. The molecule has 2 amide bonds. The van der Waals surface area contributed by atoms with Crippen LogP contribution in [0, 0.1) is 0 Å². The minimum Gasteiger partial charge on any atom is -0.391 e. The summed E-state index contributed by atoms with van der Waals surface area (Å²) < 4.78 is 1.55. The number of hydrogen-bond donors (Lipinski definition) is 3. The molecular formula is C17H18N4O2. The van der Waals surface area contributed by atoms with Crippen molar-refractivity contribution >= 4 is 17.1 Å². The van der Waals surface area contributed by atoms with Gasteiger partial charge in [0.05, 0.1) is 17.1 Å². The number of carbonyl (C=O) groups is 1. The Morgan fingerprint density at radius 1 is 1.13 bits per heavy atom. The lowest BCUT2D eigenvalue weighted by molar-refractivity contribution is 0.172. The quantitative estimate of drug-likeness (QED) is 0.673. The van der Waals surface area contributed by atoms with Crippen molar-refractivity contribution in [3.8, 4) is 0 Å². The maximum Gasteiger partial charge on any atom is 0.334 e. The fourth-order valence-electron chi connectivity index (χ4n) is 2.37. The molecule has 6 nitrogen and oxygen atoms in total. The van der Waals surface area contributed by atoms with Crippen LogP contribution in [0.3, 0.4) is 0 Å². The molecule has 118 valence electrons. The first-order valence-electron chi connectivity index (χ1n) is 7.41. The van der Waals surface area contributed by atoms with Crippen molar-refractivity contribution in [3.05, 3.63) is 66.5 Å². The average Bonchev–Trinajstić information content (AvgIpc) is 2.97. The van der Waals surface area contributed by atoms with E-state index in [4.69, 9.17) is 0 Å². The van der Waals surface area contributed by atoms with Gasteiger partial charge >= 0.3 is 6.03 Å². The molecule has 23 heavy (non-hydrogen) atoms. The number of aliphatic hydroxyl groups is 1. The Balaban J connectivity index is 1.51. The minimum atomic E-state index is -0.636. The van der Waals surface area contributed by atoms with E-state index in [0.717, 1.165) is 16.6 Å². The number of nitrogens with zero attached hydrogens (tertiary/aromatic N) is 2. The molecule has 3 rings (SSSR count). The van der Waals surface area contributed by atoms with Gasteiger partial charge in [0, 0.05) is 13.0 Å². The largest absolute Gasteiger partial charge is 0.391 e. The summed E-state index contributed by atoms with van der Waals surface area (Å²) in [6, 6.07) is 16.8. The van der Waals surface area contributed by atoms with Crippen LogP contribution < -0.4 is 10.7 Å². The Hall–Kier alpha value is -2.86. The van der Waals surface area contributed by atoms with Crippen molar-refractivity contribution in [1.29, 1.82) is 0 Å². The smallest absolute Gasteiger partial charge is 0.334 e. The third-order valence-corrected chi connectivity index (χ3v) is 3.49. The zero-order valence-corrected chi connectivity index (χ0v) is 12.5. The highest BCUT2D eigenvalue weighted by atomic mass is 16.3. The predicted octanol–water partition coefficient (Wildman–Crippen LogP) is 1.89. The molecule has 6 heteroatoms. The van der Waals surface area contributed by atoms with Crippen LogP contribution in [0.4, 0.5) is 4.79 Å². The predicted molar refractivity (Wildman–Crippen MR) is 88.6 cm³/mol. The average molecular weight is 310 g/mol. The Labute approximate surface area is 133 Å². The van der Waals surface area contributed by atoms with E-state index < -0.39 is 6.10 Å². The first-order valence-corrected chi connectivity index (χ1v) is 7.41. The summed E-state index contributed by atoms with van der Waals surface area (Å²) in [6.45, 7) is 0.174. The third-order valence-electron chi connectivity index (χ3n) is 3.49. The summed E-state index contributed by atoms with van der Waals surface area (Å²) in [5.41, 5.74) is 5.32. The van der Waals surface area contributed by atoms with E-state index in [-0.39, 0.29) is 12.6 Å². The molecule has 1 heterocycles. The Bertz CT molecular complexity index is 785. The summed E-state index contributed by atoms with van der Waals surface area (Å²) in [7, 11) is 0. The van der Waals surface area contributed by atoms with Crippen molar-refractivity contribution in [3.63, 3.8) is 0 Å². The van der Waals surface area contributed by atoms with Gasteiger partial charge in [-0.2, -0.15) is 0 Å². The Kier molecular flexibility index (Phi) is 4.54. The van der Waals surface area contributed by atoms with Crippen LogP contribution >= 0.6 is 0 Å². The molecule has 0 fully saturated rings. The van der Waals surface area contributed by atoms with Crippen molar-refractivity contribution < 1.29 is 9.90 Å². The Morgan fingerprint density at radius 3 is 2.70 bits per heavy atom. The van der Waals surface area contributed by atoms with Crippen LogP contribution in [-0.2, 0) is 6.42 Å². The van der Waals surface area contributed by atoms with Crippen molar-refractivity contribution in [2.24, 2.45) is 0 Å². The molecule has 0 radical (unpaired) electrons. The zero-order valence-electron chi connectivity index (χ0n) is 12.5. The third kappa shape index (κ3) is 3.87. The number of benzene rings is 2. The number of rotatable bonds is 5. The number of hydrogen-bond acceptors (Lipinski definition) is 3. The number of urea groups is 1. The summed E-state index contributed by atoms with van der Waals surface area (Å²) in [5.74, 6) is 0. The normalized spacial score (nSPS) is 12.0. The van der Waals surface area contributed by atoms with Crippen LogP contribution in [0.15, 0.2) is 60.9 Å². The van der Waals surface area contributed by atoms with E-state index in [9.17, 15) is 9.90 Å². The van der Waals surface area contributed by atoms with E-state index in [1.54, 1.807) is 11.0 Å². The number of aliphatic hydroxyl groups excluding tert-OH is 1. The molecule has 0 aliphatic rings. The van der Waals surface area contributed by atoms with Crippen molar-refractivity contribution in [2.45, 2.75) is 12.5 Å². The molecule has 0 bridgehead atoms. The van der Waals surface area contributed by atoms with E-state index in [1.807, 2.05) is 54.6 Å². The minimum absolute atomic E-state index is 0.174. The summed E-state index contributed by atoms with van der Waals surface area (Å²) >= 11 is 0. The zero-order chi connectivity index (χ0) is 16.1. The lowest BCUT2D eigenvalue weighted by atomic mass is 10.1. The molecule has 3 N–H and O–H groups in total. The first-order chi connectivity index (χ1) is 11.2. The van der Waals surface area contributed by atoms with Crippen LogP contribution in [0.2, 0.25) is 0 Å². The van der Waals surface area contributed by atoms with E-state index in [1.165, 1.54) is 0 Å². The van der Waals surface area contributed by atoms with Gasteiger partial charge in [-0.3, -0.25) is 0 Å². The molecule has 3 aromatic rings. The highest BCUT2D eigenvalue weighted by Crippen LogP contribution is 2.09. The van der Waals surface area contributed by atoms with E-state index in [0.29, 0.717) is 6.42 Å². The van der Waals surface area contributed by atoms with E-state index >= 15 is 0 Å². The van der Waals surface area contributed by atoms with Gasteiger partial charge in [0.2, 0.25) is 0 Å². The molecular weight excluding hydrogens is 292 g/mol. The van der Waals surface area contributed by atoms with Gasteiger partial charge in [0.1, 0.15) is 6.33 Å². The molecule has 1 unspecified atom stereocenters. The second kappa shape index (κ2) is 6.93. The molecule has 0 aliphatic heterocycles. The standard InChI is InChI=1S/C17H18N4O2/c22-14(10-13-6-2-1-3-7-13)11-18-17(23)20-21-12-19-15-8-4-5-9-16(15)21/h1-9,12,14,22H,10-11H2,(H2,18,20,23). The number of para-hydroxylation sites is 2. The molecule has 0 saturated heterocycles. The van der Waals surface area contributed by atoms with Gasteiger partial charge in [-0.1, -0.05) is 42.5 Å². The lowest BCUT2D eigenvalue weighted by Gasteiger charge is -2.13. The SMILES string of the molecule is O=C(NCC(O)Cc1ccccc1)Nn1cnc2ccccc21. The second-order valence-corrected chi connectivity index (χ2v) is 5.27. The molecule has 0 aliphatic carbocycles. The summed E-state index contributed by atoms with van der Waals surface area (Å²) in [4.78, 5) is 16.1. The number of fused-ring (bicyclic) bond motifs is 1. The molecule has 0 saturated carbocycles.